The maximum Gasteiger partial charge on any atom is 0.323 e. The van der Waals surface area contributed by atoms with Gasteiger partial charge >= 0.3 is 12.0 Å². The molecule has 2 aromatic rings. The van der Waals surface area contributed by atoms with Crippen LogP contribution in [-0.4, -0.2) is 44.9 Å². The molecule has 2 N–H and O–H groups in total. The van der Waals surface area contributed by atoms with Crippen LogP contribution in [0.3, 0.4) is 0 Å². The van der Waals surface area contributed by atoms with Crippen LogP contribution in [0.2, 0.25) is 0 Å². The van der Waals surface area contributed by atoms with E-state index in [2.05, 4.69) is 26.1 Å². The number of aromatic nitrogens is 2. The monoisotopic (exact) mass is 384 g/mol. The van der Waals surface area contributed by atoms with E-state index in [1.165, 1.54) is 0 Å². The molecule has 1 fully saturated rings. The number of aliphatic carboxylic acids is 1. The summed E-state index contributed by atoms with van der Waals surface area (Å²) in [4.78, 5) is 25.9. The molecule has 1 unspecified atom stereocenters. The third-order valence-corrected chi connectivity index (χ3v) is 5.33. The van der Waals surface area contributed by atoms with Gasteiger partial charge in [0.05, 0.1) is 16.8 Å². The predicted molar refractivity (Wildman–Crippen MR) is 108 cm³/mol. The number of carbonyl (C=O) groups excluding carboxylic acids is 1. The lowest BCUT2D eigenvalue weighted by Crippen LogP contribution is -2.37. The highest BCUT2D eigenvalue weighted by Gasteiger charge is 2.42. The van der Waals surface area contributed by atoms with E-state index in [4.69, 9.17) is 5.10 Å². The molecule has 1 aromatic heterocycles. The Balaban J connectivity index is 1.91. The number of rotatable bonds is 3. The number of carbonyl (C=O) groups is 2. The standard InChI is InChI=1S/C21H28N4O3/c1-14-8-6-7-9-15(14)25-17(12-16(23-25)20(2,3)4)22-19(28)24-11-10-21(5,13-24)18(26)27/h6-9,12H,10-11,13H2,1-5H3,(H,22,28)(H,26,27). The summed E-state index contributed by atoms with van der Waals surface area (Å²) in [6.45, 7) is 10.5. The van der Waals surface area contributed by atoms with E-state index in [0.29, 0.717) is 18.8 Å². The number of carboxylic acids is 1. The van der Waals surface area contributed by atoms with Crippen molar-refractivity contribution >= 4 is 17.8 Å². The van der Waals surface area contributed by atoms with E-state index in [0.717, 1.165) is 16.9 Å². The molecule has 0 bridgehead atoms. The van der Waals surface area contributed by atoms with Gasteiger partial charge in [-0.1, -0.05) is 39.0 Å². The molecule has 0 spiro atoms. The summed E-state index contributed by atoms with van der Waals surface area (Å²) < 4.78 is 1.75. The van der Waals surface area contributed by atoms with E-state index in [9.17, 15) is 14.7 Å². The largest absolute Gasteiger partial charge is 0.481 e. The summed E-state index contributed by atoms with van der Waals surface area (Å²) in [5.74, 6) is -0.295. The number of likely N-dealkylation sites (tertiary alicyclic amines) is 1. The molecule has 7 heteroatoms. The van der Waals surface area contributed by atoms with Crippen LogP contribution >= 0.6 is 0 Å². The second kappa shape index (κ2) is 6.96. The highest BCUT2D eigenvalue weighted by atomic mass is 16.4. The summed E-state index contributed by atoms with van der Waals surface area (Å²) in [5, 5.41) is 17.1. The van der Waals surface area contributed by atoms with Crippen molar-refractivity contribution in [2.45, 2.75) is 46.5 Å². The van der Waals surface area contributed by atoms with Gasteiger partial charge in [-0.25, -0.2) is 9.48 Å². The number of nitrogens with one attached hydrogen (secondary N) is 1. The summed E-state index contributed by atoms with van der Waals surface area (Å²) in [6.07, 6.45) is 0.444. The summed E-state index contributed by atoms with van der Waals surface area (Å²) in [7, 11) is 0. The molecule has 0 radical (unpaired) electrons. The van der Waals surface area contributed by atoms with Crippen LogP contribution in [-0.2, 0) is 10.2 Å². The molecule has 2 amide bonds. The fraction of sp³-hybridized carbons (Fsp3) is 0.476. The van der Waals surface area contributed by atoms with Crippen LogP contribution in [0.25, 0.3) is 5.69 Å². The number of hydrogen-bond donors (Lipinski definition) is 2. The fourth-order valence-electron chi connectivity index (χ4n) is 3.32. The van der Waals surface area contributed by atoms with Gasteiger partial charge in [-0.3, -0.25) is 10.1 Å². The Morgan fingerprint density at radius 3 is 2.50 bits per heavy atom. The van der Waals surface area contributed by atoms with Crippen LogP contribution in [0.1, 0.15) is 45.4 Å². The lowest BCUT2D eigenvalue weighted by atomic mass is 9.90. The van der Waals surface area contributed by atoms with Gasteiger partial charge in [-0.2, -0.15) is 5.10 Å². The van der Waals surface area contributed by atoms with Gasteiger partial charge in [0, 0.05) is 24.6 Å². The van der Waals surface area contributed by atoms with Gasteiger partial charge in [0.2, 0.25) is 0 Å². The minimum absolute atomic E-state index is 0.178. The lowest BCUT2D eigenvalue weighted by Gasteiger charge is -2.21. The average Bonchev–Trinajstić information content (AvgIpc) is 3.20. The normalized spacial score (nSPS) is 19.7. The number of hydrogen-bond acceptors (Lipinski definition) is 3. The van der Waals surface area contributed by atoms with Crippen LogP contribution in [0.5, 0.6) is 0 Å². The molecule has 150 valence electrons. The van der Waals surface area contributed by atoms with Crippen molar-refractivity contribution in [1.82, 2.24) is 14.7 Å². The van der Waals surface area contributed by atoms with Crippen molar-refractivity contribution in [1.29, 1.82) is 0 Å². The zero-order valence-electron chi connectivity index (χ0n) is 17.1. The van der Waals surface area contributed by atoms with Gasteiger partial charge in [0.25, 0.3) is 0 Å². The first kappa shape index (κ1) is 19.9. The number of amides is 2. The second-order valence-electron chi connectivity index (χ2n) is 8.83. The SMILES string of the molecule is Cc1ccccc1-n1nc(C(C)(C)C)cc1NC(=O)N1CCC(C)(C(=O)O)C1. The maximum absolute atomic E-state index is 12.8. The maximum atomic E-state index is 12.8. The molecule has 1 aliphatic heterocycles. The third kappa shape index (κ3) is 3.74. The minimum atomic E-state index is -0.899. The second-order valence-corrected chi connectivity index (χ2v) is 8.83. The summed E-state index contributed by atoms with van der Waals surface area (Å²) in [6, 6.07) is 9.43. The van der Waals surface area contributed by atoms with Gasteiger partial charge in [0.15, 0.2) is 0 Å². The van der Waals surface area contributed by atoms with Gasteiger partial charge in [0.1, 0.15) is 5.82 Å². The van der Waals surface area contributed by atoms with Crippen molar-refractivity contribution in [2.24, 2.45) is 5.41 Å². The van der Waals surface area contributed by atoms with Crippen molar-refractivity contribution in [3.05, 3.63) is 41.6 Å². The first-order valence-corrected chi connectivity index (χ1v) is 9.47. The molecule has 1 saturated heterocycles. The zero-order valence-corrected chi connectivity index (χ0v) is 17.1. The van der Waals surface area contributed by atoms with Crippen LogP contribution in [0.15, 0.2) is 30.3 Å². The number of aryl methyl sites for hydroxylation is 1. The van der Waals surface area contributed by atoms with Crippen molar-refractivity contribution in [2.75, 3.05) is 18.4 Å². The molecule has 0 saturated carbocycles. The van der Waals surface area contributed by atoms with Crippen molar-refractivity contribution < 1.29 is 14.7 Å². The van der Waals surface area contributed by atoms with Gasteiger partial charge in [-0.15, -0.1) is 0 Å². The summed E-state index contributed by atoms with van der Waals surface area (Å²) >= 11 is 0. The van der Waals surface area contributed by atoms with E-state index >= 15 is 0 Å². The van der Waals surface area contributed by atoms with Crippen molar-refractivity contribution in [3.8, 4) is 5.69 Å². The average molecular weight is 384 g/mol. The number of nitrogens with zero attached hydrogens (tertiary/aromatic N) is 3. The van der Waals surface area contributed by atoms with Crippen LogP contribution < -0.4 is 5.32 Å². The van der Waals surface area contributed by atoms with E-state index in [-0.39, 0.29) is 18.0 Å². The van der Waals surface area contributed by atoms with Crippen LogP contribution in [0, 0.1) is 12.3 Å². The predicted octanol–water partition coefficient (Wildman–Crippen LogP) is 3.81. The summed E-state index contributed by atoms with van der Waals surface area (Å²) in [5.41, 5.74) is 1.72. The smallest absolute Gasteiger partial charge is 0.323 e. The van der Waals surface area contributed by atoms with Crippen LogP contribution in [0.4, 0.5) is 10.6 Å². The molecule has 28 heavy (non-hydrogen) atoms. The quantitative estimate of drug-likeness (QED) is 0.842. The first-order valence-electron chi connectivity index (χ1n) is 9.47. The number of carboxylic acid groups (broad SMARTS) is 1. The van der Waals surface area contributed by atoms with Gasteiger partial charge in [-0.05, 0) is 31.9 Å². The van der Waals surface area contributed by atoms with E-state index in [1.54, 1.807) is 16.5 Å². The topological polar surface area (TPSA) is 87.5 Å². The first-order chi connectivity index (χ1) is 13.0. The lowest BCUT2D eigenvalue weighted by molar-refractivity contribution is -0.146. The zero-order chi connectivity index (χ0) is 20.7. The Morgan fingerprint density at radius 1 is 1.25 bits per heavy atom. The van der Waals surface area contributed by atoms with Gasteiger partial charge < -0.3 is 10.0 Å². The fourth-order valence-corrected chi connectivity index (χ4v) is 3.32. The number of urea groups is 1. The molecule has 7 nitrogen and oxygen atoms in total. The Kier molecular flexibility index (Phi) is 4.95. The van der Waals surface area contributed by atoms with E-state index in [1.807, 2.05) is 37.3 Å². The molecule has 1 aromatic carbocycles. The Labute approximate surface area is 165 Å². The molecule has 1 aliphatic rings. The number of para-hydroxylation sites is 1. The highest BCUT2D eigenvalue weighted by Crippen LogP contribution is 2.31. The molecular formula is C21H28N4O3. The Hall–Kier alpha value is -2.83. The number of benzene rings is 1. The highest BCUT2D eigenvalue weighted by molar-refractivity contribution is 5.90. The number of anilines is 1. The molecule has 0 aliphatic carbocycles. The Morgan fingerprint density at radius 2 is 1.93 bits per heavy atom. The minimum Gasteiger partial charge on any atom is -0.481 e. The molecule has 1 atom stereocenters. The third-order valence-electron chi connectivity index (χ3n) is 5.33. The molecule has 3 rings (SSSR count). The molecular weight excluding hydrogens is 356 g/mol. The molecule has 2 heterocycles. The Bertz CT molecular complexity index is 913. The van der Waals surface area contributed by atoms with Crippen molar-refractivity contribution in [3.63, 3.8) is 0 Å². The van der Waals surface area contributed by atoms with E-state index < -0.39 is 11.4 Å².